The number of amides is 1. The first-order valence-electron chi connectivity index (χ1n) is 9.71. The summed E-state index contributed by atoms with van der Waals surface area (Å²) < 4.78 is 2.06. The molecule has 2 aromatic carbocycles. The van der Waals surface area contributed by atoms with E-state index < -0.39 is 0 Å². The third kappa shape index (κ3) is 4.08. The number of carbonyl (C=O) groups excluding carboxylic acids is 1. The largest absolute Gasteiger partial charge is 0.339 e. The predicted molar refractivity (Wildman–Crippen MR) is 114 cm³/mol. The van der Waals surface area contributed by atoms with Gasteiger partial charge in [0, 0.05) is 39.8 Å². The lowest BCUT2D eigenvalue weighted by Crippen LogP contribution is -2.48. The Morgan fingerprint density at radius 3 is 2.50 bits per heavy atom. The summed E-state index contributed by atoms with van der Waals surface area (Å²) in [6.07, 6.45) is 0. The highest BCUT2D eigenvalue weighted by Gasteiger charge is 2.22. The van der Waals surface area contributed by atoms with Gasteiger partial charge < -0.3 is 9.47 Å². The minimum atomic E-state index is 0.201. The van der Waals surface area contributed by atoms with Crippen molar-refractivity contribution in [3.63, 3.8) is 0 Å². The molecular weight excluding hydrogens is 368 g/mol. The van der Waals surface area contributed by atoms with E-state index >= 15 is 0 Å². The Morgan fingerprint density at radius 2 is 1.75 bits per heavy atom. The van der Waals surface area contributed by atoms with Crippen LogP contribution in [-0.2, 0) is 18.4 Å². The molecule has 4 rings (SSSR count). The van der Waals surface area contributed by atoms with Crippen molar-refractivity contribution in [2.24, 2.45) is 7.05 Å². The lowest BCUT2D eigenvalue weighted by Gasteiger charge is -2.35. The van der Waals surface area contributed by atoms with Crippen molar-refractivity contribution < 1.29 is 4.79 Å². The number of para-hydroxylation sites is 2. The first-order valence-corrected chi connectivity index (χ1v) is 10.7. The van der Waals surface area contributed by atoms with Gasteiger partial charge in [0.15, 0.2) is 5.16 Å². The molecule has 5 nitrogen and oxygen atoms in total. The van der Waals surface area contributed by atoms with Gasteiger partial charge in [0.25, 0.3) is 0 Å². The Labute approximate surface area is 170 Å². The molecule has 2 heterocycles. The second kappa shape index (κ2) is 8.37. The van der Waals surface area contributed by atoms with Gasteiger partial charge >= 0.3 is 0 Å². The number of hydrogen-bond donors (Lipinski definition) is 0. The smallest absolute Gasteiger partial charge is 0.233 e. The fourth-order valence-electron chi connectivity index (χ4n) is 3.65. The summed E-state index contributed by atoms with van der Waals surface area (Å²) in [4.78, 5) is 21.7. The number of piperazine rings is 1. The molecule has 0 unspecified atom stereocenters. The zero-order valence-corrected chi connectivity index (χ0v) is 17.3. The number of carbonyl (C=O) groups is 1. The van der Waals surface area contributed by atoms with Crippen molar-refractivity contribution in [3.05, 3.63) is 59.7 Å². The quantitative estimate of drug-likeness (QED) is 0.623. The summed E-state index contributed by atoms with van der Waals surface area (Å²) in [6.45, 7) is 6.58. The first-order chi connectivity index (χ1) is 13.6. The maximum atomic E-state index is 12.7. The molecule has 1 saturated heterocycles. The Balaban J connectivity index is 1.29. The molecule has 0 spiro atoms. The summed E-state index contributed by atoms with van der Waals surface area (Å²) in [5.74, 6) is 0.641. The topological polar surface area (TPSA) is 41.4 Å². The molecule has 0 atom stereocenters. The third-order valence-corrected chi connectivity index (χ3v) is 6.47. The molecule has 146 valence electrons. The average Bonchev–Trinajstić information content (AvgIpc) is 3.04. The van der Waals surface area contributed by atoms with E-state index in [-0.39, 0.29) is 5.91 Å². The van der Waals surface area contributed by atoms with Crippen molar-refractivity contribution in [3.8, 4) is 0 Å². The molecule has 1 aliphatic heterocycles. The molecule has 0 radical (unpaired) electrons. The highest BCUT2D eigenvalue weighted by molar-refractivity contribution is 7.99. The molecule has 6 heteroatoms. The van der Waals surface area contributed by atoms with Crippen LogP contribution >= 0.6 is 11.8 Å². The van der Waals surface area contributed by atoms with E-state index in [4.69, 9.17) is 0 Å². The van der Waals surface area contributed by atoms with Crippen molar-refractivity contribution in [2.45, 2.75) is 18.6 Å². The zero-order chi connectivity index (χ0) is 19.5. The number of aryl methyl sites for hydroxylation is 2. The van der Waals surface area contributed by atoms with Crippen LogP contribution in [0.2, 0.25) is 0 Å². The standard InChI is InChI=1S/C22H26N4OS/c1-17-7-3-4-8-18(17)15-25-11-13-26(14-12-25)21(27)16-28-22-23-19-9-5-6-10-20(19)24(22)2/h3-10H,11-16H2,1-2H3. The number of thioether (sulfide) groups is 1. The van der Waals surface area contributed by atoms with Crippen LogP contribution in [0.1, 0.15) is 11.1 Å². The molecule has 3 aromatic rings. The number of rotatable bonds is 5. The second-order valence-electron chi connectivity index (χ2n) is 7.31. The van der Waals surface area contributed by atoms with E-state index in [1.54, 1.807) is 0 Å². The summed E-state index contributed by atoms with van der Waals surface area (Å²) >= 11 is 1.53. The summed E-state index contributed by atoms with van der Waals surface area (Å²) in [7, 11) is 2.01. The fourth-order valence-corrected chi connectivity index (χ4v) is 4.54. The van der Waals surface area contributed by atoms with Gasteiger partial charge in [-0.2, -0.15) is 0 Å². The monoisotopic (exact) mass is 394 g/mol. The van der Waals surface area contributed by atoms with Gasteiger partial charge in [0.05, 0.1) is 16.8 Å². The van der Waals surface area contributed by atoms with Crippen LogP contribution in [0.15, 0.2) is 53.7 Å². The van der Waals surface area contributed by atoms with Crippen LogP contribution in [0.5, 0.6) is 0 Å². The van der Waals surface area contributed by atoms with Gasteiger partial charge in [-0.15, -0.1) is 0 Å². The van der Waals surface area contributed by atoms with Gasteiger partial charge in [-0.1, -0.05) is 48.2 Å². The molecule has 28 heavy (non-hydrogen) atoms. The molecule has 1 aliphatic rings. The van der Waals surface area contributed by atoms with E-state index in [1.165, 1.54) is 22.9 Å². The van der Waals surface area contributed by atoms with E-state index in [2.05, 4.69) is 51.7 Å². The lowest BCUT2D eigenvalue weighted by molar-refractivity contribution is -0.130. The lowest BCUT2D eigenvalue weighted by atomic mass is 10.1. The summed E-state index contributed by atoms with van der Waals surface area (Å²) in [5.41, 5.74) is 4.78. The highest BCUT2D eigenvalue weighted by Crippen LogP contribution is 2.23. The number of fused-ring (bicyclic) bond motifs is 1. The van der Waals surface area contributed by atoms with Crippen LogP contribution in [0, 0.1) is 6.92 Å². The van der Waals surface area contributed by atoms with Crippen LogP contribution in [0.4, 0.5) is 0 Å². The number of hydrogen-bond acceptors (Lipinski definition) is 4. The molecule has 0 aliphatic carbocycles. The van der Waals surface area contributed by atoms with E-state index in [9.17, 15) is 4.79 Å². The maximum Gasteiger partial charge on any atom is 0.233 e. The van der Waals surface area contributed by atoms with Gasteiger partial charge in [0.1, 0.15) is 0 Å². The Morgan fingerprint density at radius 1 is 1.04 bits per heavy atom. The van der Waals surface area contributed by atoms with Crippen molar-refractivity contribution >= 4 is 28.7 Å². The Kier molecular flexibility index (Phi) is 5.69. The van der Waals surface area contributed by atoms with Crippen molar-refractivity contribution in [1.82, 2.24) is 19.4 Å². The van der Waals surface area contributed by atoms with Crippen molar-refractivity contribution in [2.75, 3.05) is 31.9 Å². The van der Waals surface area contributed by atoms with Gasteiger partial charge in [-0.05, 0) is 30.2 Å². The number of benzene rings is 2. The van der Waals surface area contributed by atoms with E-state index in [1.807, 2.05) is 30.1 Å². The third-order valence-electron chi connectivity index (χ3n) is 5.45. The second-order valence-corrected chi connectivity index (χ2v) is 8.26. The predicted octanol–water partition coefficient (Wildman–Crippen LogP) is 3.32. The highest BCUT2D eigenvalue weighted by atomic mass is 32.2. The van der Waals surface area contributed by atoms with Crippen LogP contribution in [-0.4, -0.2) is 57.2 Å². The molecule has 1 aromatic heterocycles. The molecule has 0 saturated carbocycles. The van der Waals surface area contributed by atoms with Gasteiger partial charge in [0.2, 0.25) is 5.91 Å². The Hall–Kier alpha value is -2.31. The summed E-state index contributed by atoms with van der Waals surface area (Å²) in [5, 5.41) is 0.896. The van der Waals surface area contributed by atoms with Crippen LogP contribution in [0.25, 0.3) is 11.0 Å². The molecule has 1 fully saturated rings. The molecule has 0 bridgehead atoms. The minimum absolute atomic E-state index is 0.201. The number of aromatic nitrogens is 2. The van der Waals surface area contributed by atoms with Gasteiger partial charge in [-0.3, -0.25) is 9.69 Å². The Bertz CT molecular complexity index is 976. The average molecular weight is 395 g/mol. The fraction of sp³-hybridized carbons (Fsp3) is 0.364. The first kappa shape index (κ1) is 19.0. The van der Waals surface area contributed by atoms with Gasteiger partial charge in [-0.25, -0.2) is 4.98 Å². The van der Waals surface area contributed by atoms with E-state index in [0.717, 1.165) is 48.9 Å². The van der Waals surface area contributed by atoms with Crippen LogP contribution in [0.3, 0.4) is 0 Å². The summed E-state index contributed by atoms with van der Waals surface area (Å²) in [6, 6.07) is 16.6. The van der Waals surface area contributed by atoms with Crippen LogP contribution < -0.4 is 0 Å². The SMILES string of the molecule is Cc1ccccc1CN1CCN(C(=O)CSc2nc3ccccc3n2C)CC1. The maximum absolute atomic E-state index is 12.7. The normalized spacial score (nSPS) is 15.3. The molecular formula is C22H26N4OS. The minimum Gasteiger partial charge on any atom is -0.339 e. The van der Waals surface area contributed by atoms with E-state index in [0.29, 0.717) is 5.75 Å². The zero-order valence-electron chi connectivity index (χ0n) is 16.5. The van der Waals surface area contributed by atoms with Crippen molar-refractivity contribution in [1.29, 1.82) is 0 Å². The number of imidazole rings is 1. The molecule has 1 amide bonds. The number of nitrogens with zero attached hydrogens (tertiary/aromatic N) is 4. The molecule has 0 N–H and O–H groups in total.